The van der Waals surface area contributed by atoms with Crippen molar-refractivity contribution in [1.29, 1.82) is 0 Å². The van der Waals surface area contributed by atoms with Gasteiger partial charge in [-0.15, -0.1) is 0 Å². The van der Waals surface area contributed by atoms with Gasteiger partial charge in [0.2, 0.25) is 5.91 Å². The number of pyridine rings is 1. The molecular formula is C11H10N4O. The normalized spacial score (nSPS) is 9.75. The maximum Gasteiger partial charge on any atom is 0.247 e. The highest BCUT2D eigenvalue weighted by atomic mass is 16.1. The molecule has 0 atom stereocenters. The van der Waals surface area contributed by atoms with E-state index in [1.165, 1.54) is 6.08 Å². The second kappa shape index (κ2) is 4.39. The van der Waals surface area contributed by atoms with Crippen molar-refractivity contribution in [2.24, 2.45) is 0 Å². The van der Waals surface area contributed by atoms with Crippen molar-refractivity contribution in [3.63, 3.8) is 0 Å². The van der Waals surface area contributed by atoms with E-state index < -0.39 is 0 Å². The molecular weight excluding hydrogens is 204 g/mol. The average Bonchev–Trinajstić information content (AvgIpc) is 2.83. The van der Waals surface area contributed by atoms with Crippen molar-refractivity contribution in [2.45, 2.75) is 0 Å². The van der Waals surface area contributed by atoms with Gasteiger partial charge in [0.1, 0.15) is 0 Å². The molecule has 1 amide bonds. The molecule has 0 radical (unpaired) electrons. The number of hydrogen-bond acceptors (Lipinski definition) is 3. The number of anilines is 1. The Hall–Kier alpha value is -2.43. The number of nitrogens with one attached hydrogen (secondary N) is 1. The molecule has 0 spiro atoms. The third-order valence-electron chi connectivity index (χ3n) is 1.94. The predicted molar refractivity (Wildman–Crippen MR) is 60.2 cm³/mol. The lowest BCUT2D eigenvalue weighted by atomic mass is 10.3. The summed E-state index contributed by atoms with van der Waals surface area (Å²) in [6, 6.07) is 5.24. The third-order valence-corrected chi connectivity index (χ3v) is 1.94. The lowest BCUT2D eigenvalue weighted by Crippen LogP contribution is -2.08. The summed E-state index contributed by atoms with van der Waals surface area (Å²) in [6.07, 6.45) is 6.27. The molecule has 2 aromatic heterocycles. The van der Waals surface area contributed by atoms with Crippen LogP contribution in [0.4, 0.5) is 5.69 Å². The second-order valence-corrected chi connectivity index (χ2v) is 3.05. The fourth-order valence-electron chi connectivity index (χ4n) is 1.22. The Morgan fingerprint density at radius 1 is 1.50 bits per heavy atom. The largest absolute Gasteiger partial charge is 0.322 e. The van der Waals surface area contributed by atoms with Crippen LogP contribution in [-0.4, -0.2) is 20.7 Å². The molecule has 0 fully saturated rings. The smallest absolute Gasteiger partial charge is 0.247 e. The van der Waals surface area contributed by atoms with Crippen LogP contribution in [0.5, 0.6) is 0 Å². The number of hydrogen-bond donors (Lipinski definition) is 1. The van der Waals surface area contributed by atoms with E-state index in [-0.39, 0.29) is 5.91 Å². The van der Waals surface area contributed by atoms with Crippen LogP contribution in [0.15, 0.2) is 49.4 Å². The van der Waals surface area contributed by atoms with Gasteiger partial charge in [-0.2, -0.15) is 5.10 Å². The SMILES string of the molecule is C=CC(=O)Nc1ccnc(-n2cccn2)c1. The lowest BCUT2D eigenvalue weighted by Gasteiger charge is -2.04. The highest BCUT2D eigenvalue weighted by molar-refractivity contribution is 5.98. The van der Waals surface area contributed by atoms with Crippen molar-refractivity contribution in [3.05, 3.63) is 49.4 Å². The van der Waals surface area contributed by atoms with Crippen molar-refractivity contribution in [1.82, 2.24) is 14.8 Å². The minimum Gasteiger partial charge on any atom is -0.322 e. The minimum atomic E-state index is -0.252. The summed E-state index contributed by atoms with van der Waals surface area (Å²) in [5, 5.41) is 6.70. The van der Waals surface area contributed by atoms with E-state index >= 15 is 0 Å². The van der Waals surface area contributed by atoms with Gasteiger partial charge in [0, 0.05) is 30.3 Å². The molecule has 5 heteroatoms. The van der Waals surface area contributed by atoms with Crippen LogP contribution in [0.25, 0.3) is 5.82 Å². The Bertz CT molecular complexity index is 504. The van der Waals surface area contributed by atoms with E-state index in [1.807, 2.05) is 0 Å². The van der Waals surface area contributed by atoms with Crippen LogP contribution < -0.4 is 5.32 Å². The zero-order valence-electron chi connectivity index (χ0n) is 8.50. The molecule has 0 aliphatic heterocycles. The Morgan fingerprint density at radius 3 is 3.06 bits per heavy atom. The predicted octanol–water partition coefficient (Wildman–Crippen LogP) is 1.39. The Morgan fingerprint density at radius 2 is 2.38 bits per heavy atom. The van der Waals surface area contributed by atoms with Crippen LogP contribution in [0, 0.1) is 0 Å². The first-order valence-corrected chi connectivity index (χ1v) is 4.69. The van der Waals surface area contributed by atoms with Gasteiger partial charge in [0.05, 0.1) is 0 Å². The average molecular weight is 214 g/mol. The number of carbonyl (C=O) groups excluding carboxylic acids is 1. The fourth-order valence-corrected chi connectivity index (χ4v) is 1.22. The molecule has 0 aromatic carbocycles. The fraction of sp³-hybridized carbons (Fsp3) is 0. The van der Waals surface area contributed by atoms with Crippen molar-refractivity contribution < 1.29 is 4.79 Å². The summed E-state index contributed by atoms with van der Waals surface area (Å²) < 4.78 is 1.61. The van der Waals surface area contributed by atoms with E-state index in [2.05, 4.69) is 22.0 Å². The Kier molecular flexibility index (Phi) is 2.77. The lowest BCUT2D eigenvalue weighted by molar-refractivity contribution is -0.111. The van der Waals surface area contributed by atoms with Gasteiger partial charge in [0.25, 0.3) is 0 Å². The highest BCUT2D eigenvalue weighted by Gasteiger charge is 2.01. The molecule has 1 N–H and O–H groups in total. The van der Waals surface area contributed by atoms with Gasteiger partial charge in [-0.05, 0) is 18.2 Å². The number of amides is 1. The van der Waals surface area contributed by atoms with Crippen LogP contribution in [0.2, 0.25) is 0 Å². The van der Waals surface area contributed by atoms with Gasteiger partial charge >= 0.3 is 0 Å². The highest BCUT2D eigenvalue weighted by Crippen LogP contribution is 2.10. The Labute approximate surface area is 92.4 Å². The van der Waals surface area contributed by atoms with Crippen LogP contribution in [0.1, 0.15) is 0 Å². The van der Waals surface area contributed by atoms with Gasteiger partial charge < -0.3 is 5.32 Å². The minimum absolute atomic E-state index is 0.252. The van der Waals surface area contributed by atoms with E-state index in [4.69, 9.17) is 0 Å². The summed E-state index contributed by atoms with van der Waals surface area (Å²) >= 11 is 0. The molecule has 80 valence electrons. The second-order valence-electron chi connectivity index (χ2n) is 3.05. The summed E-state index contributed by atoms with van der Waals surface area (Å²) in [5.41, 5.74) is 0.658. The maximum atomic E-state index is 11.1. The zero-order chi connectivity index (χ0) is 11.4. The van der Waals surface area contributed by atoms with E-state index in [0.717, 1.165) is 0 Å². The number of carbonyl (C=O) groups is 1. The van der Waals surface area contributed by atoms with Gasteiger partial charge in [-0.25, -0.2) is 9.67 Å². The standard InChI is InChI=1S/C11H10N4O/c1-2-11(16)14-9-4-6-12-10(8-9)15-7-3-5-13-15/h2-8H,1H2,(H,12,14,16). The van der Waals surface area contributed by atoms with Crippen molar-refractivity contribution in [2.75, 3.05) is 5.32 Å². The van der Waals surface area contributed by atoms with E-state index in [0.29, 0.717) is 11.5 Å². The molecule has 0 saturated heterocycles. The molecule has 0 bridgehead atoms. The summed E-state index contributed by atoms with van der Waals surface area (Å²) in [5.74, 6) is 0.393. The summed E-state index contributed by atoms with van der Waals surface area (Å²) in [7, 11) is 0. The molecule has 2 aromatic rings. The molecule has 2 heterocycles. The van der Waals surface area contributed by atoms with Gasteiger partial charge in [-0.1, -0.05) is 6.58 Å². The number of rotatable bonds is 3. The summed E-state index contributed by atoms with van der Waals surface area (Å²) in [4.78, 5) is 15.2. The third kappa shape index (κ3) is 2.14. The van der Waals surface area contributed by atoms with Crippen LogP contribution in [-0.2, 0) is 4.79 Å². The van der Waals surface area contributed by atoms with Gasteiger partial charge in [-0.3, -0.25) is 4.79 Å². The summed E-state index contributed by atoms with van der Waals surface area (Å²) in [6.45, 7) is 3.38. The first-order chi connectivity index (χ1) is 7.79. The van der Waals surface area contributed by atoms with Crippen molar-refractivity contribution in [3.8, 4) is 5.82 Å². The molecule has 0 aliphatic carbocycles. The van der Waals surface area contributed by atoms with Crippen LogP contribution in [0.3, 0.4) is 0 Å². The number of nitrogens with zero attached hydrogens (tertiary/aromatic N) is 3. The molecule has 0 aliphatic rings. The molecule has 16 heavy (non-hydrogen) atoms. The van der Waals surface area contributed by atoms with Crippen LogP contribution >= 0.6 is 0 Å². The molecule has 2 rings (SSSR count). The maximum absolute atomic E-state index is 11.1. The van der Waals surface area contributed by atoms with E-state index in [9.17, 15) is 4.79 Å². The number of aromatic nitrogens is 3. The first-order valence-electron chi connectivity index (χ1n) is 4.69. The molecule has 5 nitrogen and oxygen atoms in total. The quantitative estimate of drug-likeness (QED) is 0.785. The molecule has 0 saturated carbocycles. The topological polar surface area (TPSA) is 59.8 Å². The van der Waals surface area contributed by atoms with Gasteiger partial charge in [0.15, 0.2) is 5.82 Å². The monoisotopic (exact) mass is 214 g/mol. The first kappa shape index (κ1) is 10.1. The van der Waals surface area contributed by atoms with Crippen molar-refractivity contribution >= 4 is 11.6 Å². The Balaban J connectivity index is 2.26. The van der Waals surface area contributed by atoms with E-state index in [1.54, 1.807) is 41.5 Å². The zero-order valence-corrected chi connectivity index (χ0v) is 8.50. The molecule has 0 unspecified atom stereocenters.